The Morgan fingerprint density at radius 1 is 1.28 bits per heavy atom. The molecule has 1 rings (SSSR count). The Bertz CT molecular complexity index is 406. The molecule has 0 bridgehead atoms. The molecule has 2 amide bonds. The summed E-state index contributed by atoms with van der Waals surface area (Å²) in [6.45, 7) is 2.05. The topological polar surface area (TPSA) is 98.2 Å². The average Bonchev–Trinajstić information content (AvgIpc) is 2.29. The predicted octanol–water partition coefficient (Wildman–Crippen LogP) is 0.812. The van der Waals surface area contributed by atoms with Crippen LogP contribution in [-0.4, -0.2) is 17.9 Å². The van der Waals surface area contributed by atoms with Gasteiger partial charge in [0.15, 0.2) is 0 Å². The fourth-order valence-electron chi connectivity index (χ4n) is 1.37. The molecule has 6 heteroatoms. The SMILES string of the molecule is CCc1ccc(NC(=O)C(N)CC(N)=O)cc1.Cl. The lowest BCUT2D eigenvalue weighted by molar-refractivity contribution is -0.123. The lowest BCUT2D eigenvalue weighted by Crippen LogP contribution is -2.38. The number of hydrogen-bond acceptors (Lipinski definition) is 3. The molecule has 0 saturated heterocycles. The Hall–Kier alpha value is -1.59. The van der Waals surface area contributed by atoms with Crippen molar-refractivity contribution in [2.45, 2.75) is 25.8 Å². The summed E-state index contributed by atoms with van der Waals surface area (Å²) < 4.78 is 0. The van der Waals surface area contributed by atoms with Gasteiger partial charge in [-0.3, -0.25) is 9.59 Å². The monoisotopic (exact) mass is 271 g/mol. The Labute approximate surface area is 112 Å². The minimum absolute atomic E-state index is 0. The lowest BCUT2D eigenvalue weighted by Gasteiger charge is -2.10. The van der Waals surface area contributed by atoms with E-state index in [2.05, 4.69) is 12.2 Å². The van der Waals surface area contributed by atoms with Crippen molar-refractivity contribution in [1.29, 1.82) is 0 Å². The number of benzene rings is 1. The summed E-state index contributed by atoms with van der Waals surface area (Å²) >= 11 is 0. The Kier molecular flexibility index (Phi) is 7.00. The summed E-state index contributed by atoms with van der Waals surface area (Å²) in [7, 11) is 0. The van der Waals surface area contributed by atoms with Crippen LogP contribution in [0.4, 0.5) is 5.69 Å². The molecule has 0 saturated carbocycles. The molecule has 18 heavy (non-hydrogen) atoms. The van der Waals surface area contributed by atoms with Gasteiger partial charge in [-0.05, 0) is 24.1 Å². The van der Waals surface area contributed by atoms with E-state index in [1.165, 1.54) is 5.56 Å². The fourth-order valence-corrected chi connectivity index (χ4v) is 1.37. The van der Waals surface area contributed by atoms with Gasteiger partial charge < -0.3 is 16.8 Å². The summed E-state index contributed by atoms with van der Waals surface area (Å²) in [6, 6.07) is 6.55. The average molecular weight is 272 g/mol. The van der Waals surface area contributed by atoms with Gasteiger partial charge >= 0.3 is 0 Å². The largest absolute Gasteiger partial charge is 0.370 e. The molecule has 0 radical (unpaired) electrons. The number of carbonyl (C=O) groups excluding carboxylic acids is 2. The van der Waals surface area contributed by atoms with Crippen LogP contribution in [0.5, 0.6) is 0 Å². The molecular weight excluding hydrogens is 254 g/mol. The number of hydrogen-bond donors (Lipinski definition) is 3. The van der Waals surface area contributed by atoms with Crippen LogP contribution in [0.1, 0.15) is 18.9 Å². The molecule has 1 aromatic carbocycles. The summed E-state index contributed by atoms with van der Waals surface area (Å²) in [5, 5.41) is 2.63. The molecule has 100 valence electrons. The Morgan fingerprint density at radius 3 is 2.28 bits per heavy atom. The van der Waals surface area contributed by atoms with Crippen molar-refractivity contribution < 1.29 is 9.59 Å². The maximum atomic E-state index is 11.6. The molecule has 0 aliphatic carbocycles. The fraction of sp³-hybridized carbons (Fsp3) is 0.333. The molecule has 0 aliphatic rings. The maximum absolute atomic E-state index is 11.6. The standard InChI is InChI=1S/C12H17N3O2.ClH/c1-2-8-3-5-9(6-4-8)15-12(17)10(13)7-11(14)16;/h3-6,10H,2,7,13H2,1H3,(H2,14,16)(H,15,17);1H. The number of aryl methyl sites for hydroxylation is 1. The van der Waals surface area contributed by atoms with Gasteiger partial charge in [-0.2, -0.15) is 0 Å². The lowest BCUT2D eigenvalue weighted by atomic mass is 10.1. The quantitative estimate of drug-likeness (QED) is 0.739. The molecule has 1 aromatic rings. The van der Waals surface area contributed by atoms with Crippen LogP contribution in [0.3, 0.4) is 0 Å². The zero-order valence-electron chi connectivity index (χ0n) is 10.2. The van der Waals surface area contributed by atoms with E-state index >= 15 is 0 Å². The number of rotatable bonds is 5. The molecule has 5 nitrogen and oxygen atoms in total. The number of primary amides is 1. The number of carbonyl (C=O) groups is 2. The zero-order chi connectivity index (χ0) is 12.8. The number of nitrogens with two attached hydrogens (primary N) is 2. The second kappa shape index (κ2) is 7.68. The highest BCUT2D eigenvalue weighted by Gasteiger charge is 2.15. The molecule has 0 spiro atoms. The first-order chi connectivity index (χ1) is 8.02. The molecule has 0 aromatic heterocycles. The highest BCUT2D eigenvalue weighted by molar-refractivity contribution is 5.97. The smallest absolute Gasteiger partial charge is 0.241 e. The number of amides is 2. The molecular formula is C12H18ClN3O2. The maximum Gasteiger partial charge on any atom is 0.241 e. The van der Waals surface area contributed by atoms with Gasteiger partial charge in [0.25, 0.3) is 0 Å². The van der Waals surface area contributed by atoms with Crippen molar-refractivity contribution in [3.8, 4) is 0 Å². The normalized spacial score (nSPS) is 11.2. The summed E-state index contributed by atoms with van der Waals surface area (Å²) in [6.07, 6.45) is 0.786. The van der Waals surface area contributed by atoms with Crippen LogP contribution >= 0.6 is 12.4 Å². The first-order valence-corrected chi connectivity index (χ1v) is 5.46. The van der Waals surface area contributed by atoms with Crippen LogP contribution in [0.25, 0.3) is 0 Å². The third-order valence-corrected chi connectivity index (χ3v) is 2.39. The third kappa shape index (κ3) is 5.16. The van der Waals surface area contributed by atoms with E-state index < -0.39 is 17.9 Å². The Balaban J connectivity index is 0.00000289. The van der Waals surface area contributed by atoms with E-state index in [-0.39, 0.29) is 18.8 Å². The van der Waals surface area contributed by atoms with Gasteiger partial charge in [-0.1, -0.05) is 19.1 Å². The first kappa shape index (κ1) is 16.4. The van der Waals surface area contributed by atoms with Gasteiger partial charge in [-0.15, -0.1) is 12.4 Å². The minimum Gasteiger partial charge on any atom is -0.370 e. The second-order valence-corrected chi connectivity index (χ2v) is 3.82. The molecule has 1 atom stereocenters. The number of halogens is 1. The summed E-state index contributed by atoms with van der Waals surface area (Å²) in [5.41, 5.74) is 12.3. The molecule has 1 unspecified atom stereocenters. The van der Waals surface area contributed by atoms with Gasteiger partial charge in [0, 0.05) is 5.69 Å². The van der Waals surface area contributed by atoms with E-state index in [0.717, 1.165) is 6.42 Å². The van der Waals surface area contributed by atoms with Gasteiger partial charge in [0.2, 0.25) is 11.8 Å². The van der Waals surface area contributed by atoms with Gasteiger partial charge in [0.1, 0.15) is 0 Å². The van der Waals surface area contributed by atoms with Crippen LogP contribution in [0, 0.1) is 0 Å². The van der Waals surface area contributed by atoms with Gasteiger partial charge in [0.05, 0.1) is 12.5 Å². The van der Waals surface area contributed by atoms with Crippen molar-refractivity contribution in [2.24, 2.45) is 11.5 Å². The highest BCUT2D eigenvalue weighted by Crippen LogP contribution is 2.10. The molecule has 5 N–H and O–H groups in total. The van der Waals surface area contributed by atoms with E-state index in [4.69, 9.17) is 11.5 Å². The molecule has 0 heterocycles. The highest BCUT2D eigenvalue weighted by atomic mass is 35.5. The zero-order valence-corrected chi connectivity index (χ0v) is 11.0. The third-order valence-electron chi connectivity index (χ3n) is 2.39. The van der Waals surface area contributed by atoms with Crippen LogP contribution in [0.2, 0.25) is 0 Å². The van der Waals surface area contributed by atoms with Crippen molar-refractivity contribution in [3.63, 3.8) is 0 Å². The summed E-state index contributed by atoms with van der Waals surface area (Å²) in [5.74, 6) is -0.998. The van der Waals surface area contributed by atoms with Crippen LogP contribution in [0.15, 0.2) is 24.3 Å². The van der Waals surface area contributed by atoms with Crippen molar-refractivity contribution in [3.05, 3.63) is 29.8 Å². The number of nitrogens with one attached hydrogen (secondary N) is 1. The number of anilines is 1. The van der Waals surface area contributed by atoms with Crippen molar-refractivity contribution in [1.82, 2.24) is 0 Å². The van der Waals surface area contributed by atoms with E-state index in [1.807, 2.05) is 12.1 Å². The summed E-state index contributed by atoms with van der Waals surface area (Å²) in [4.78, 5) is 22.2. The van der Waals surface area contributed by atoms with Crippen molar-refractivity contribution >= 4 is 29.9 Å². The van der Waals surface area contributed by atoms with Crippen LogP contribution in [-0.2, 0) is 16.0 Å². The molecule has 0 aliphatic heterocycles. The van der Waals surface area contributed by atoms with E-state index in [0.29, 0.717) is 5.69 Å². The van der Waals surface area contributed by atoms with Crippen LogP contribution < -0.4 is 16.8 Å². The predicted molar refractivity (Wildman–Crippen MR) is 73.5 cm³/mol. The van der Waals surface area contributed by atoms with Gasteiger partial charge in [-0.25, -0.2) is 0 Å². The molecule has 0 fully saturated rings. The Morgan fingerprint density at radius 2 is 1.83 bits per heavy atom. The van der Waals surface area contributed by atoms with E-state index in [1.54, 1.807) is 12.1 Å². The van der Waals surface area contributed by atoms with Crippen molar-refractivity contribution in [2.75, 3.05) is 5.32 Å². The first-order valence-electron chi connectivity index (χ1n) is 5.46. The second-order valence-electron chi connectivity index (χ2n) is 3.82. The minimum atomic E-state index is -0.904. The van der Waals surface area contributed by atoms with E-state index in [9.17, 15) is 9.59 Å².